The summed E-state index contributed by atoms with van der Waals surface area (Å²) in [6.07, 6.45) is -0.0473. The number of rotatable bonds is 4. The molecule has 0 heterocycles. The molecule has 0 aromatic heterocycles. The Hall–Kier alpha value is -2.53. The maximum atomic E-state index is 12.2. The highest BCUT2D eigenvalue weighted by Crippen LogP contribution is 2.31. The third kappa shape index (κ3) is 3.46. The number of aliphatic hydroxyl groups is 1. The van der Waals surface area contributed by atoms with Gasteiger partial charge in [0.15, 0.2) is 0 Å². The van der Waals surface area contributed by atoms with Gasteiger partial charge in [0.1, 0.15) is 5.75 Å². The second-order valence-corrected chi connectivity index (χ2v) is 5.51. The Labute approximate surface area is 135 Å². The number of carbonyl (C=O) groups excluding carboxylic acids is 1. The number of fused-ring (bicyclic) bond motifs is 1. The minimum absolute atomic E-state index is 0.348. The Kier molecular flexibility index (Phi) is 4.48. The minimum Gasteiger partial charge on any atom is -0.494 e. The summed E-state index contributed by atoms with van der Waals surface area (Å²) < 4.78 is 5.41. The van der Waals surface area contributed by atoms with Gasteiger partial charge in [0.2, 0.25) is 0 Å². The lowest BCUT2D eigenvalue weighted by Gasteiger charge is -2.18. The van der Waals surface area contributed by atoms with E-state index in [1.165, 1.54) is 0 Å². The number of carbonyl (C=O) groups is 1. The van der Waals surface area contributed by atoms with Gasteiger partial charge in [-0.05, 0) is 30.2 Å². The van der Waals surface area contributed by atoms with Crippen LogP contribution in [0, 0.1) is 0 Å². The van der Waals surface area contributed by atoms with Gasteiger partial charge in [0, 0.05) is 18.2 Å². The first-order valence-electron chi connectivity index (χ1n) is 7.73. The predicted molar refractivity (Wildman–Crippen MR) is 88.7 cm³/mol. The standard InChI is InChI=1S/C18H20N2O3/c1-2-23-14-8-5-7-13(11-14)19-18(22)20-17-15-9-4-3-6-12(15)10-16(17)21/h3-9,11,16-17,21H,2,10H2,1H3,(H2,19,20,22)/t16-,17+/m1/s1. The van der Waals surface area contributed by atoms with E-state index in [1.807, 2.05) is 43.3 Å². The fraction of sp³-hybridized carbons (Fsp3) is 0.278. The van der Waals surface area contributed by atoms with E-state index < -0.39 is 6.10 Å². The summed E-state index contributed by atoms with van der Waals surface area (Å²) in [6, 6.07) is 14.2. The molecule has 0 spiro atoms. The van der Waals surface area contributed by atoms with Crippen molar-refractivity contribution in [1.82, 2.24) is 5.32 Å². The number of aliphatic hydroxyl groups excluding tert-OH is 1. The molecule has 2 aromatic carbocycles. The first kappa shape index (κ1) is 15.4. The summed E-state index contributed by atoms with van der Waals surface area (Å²) in [5, 5.41) is 15.8. The second kappa shape index (κ2) is 6.71. The lowest BCUT2D eigenvalue weighted by atomic mass is 10.1. The van der Waals surface area contributed by atoms with Crippen molar-refractivity contribution in [3.63, 3.8) is 0 Å². The van der Waals surface area contributed by atoms with Crippen LogP contribution in [0.4, 0.5) is 10.5 Å². The highest BCUT2D eigenvalue weighted by molar-refractivity contribution is 5.89. The Balaban J connectivity index is 1.67. The Morgan fingerprint density at radius 3 is 2.91 bits per heavy atom. The monoisotopic (exact) mass is 312 g/mol. The molecule has 1 aliphatic carbocycles. The summed E-state index contributed by atoms with van der Waals surface area (Å²) >= 11 is 0. The summed E-state index contributed by atoms with van der Waals surface area (Å²) in [5.41, 5.74) is 2.69. The van der Waals surface area contributed by atoms with E-state index in [2.05, 4.69) is 10.6 Å². The van der Waals surface area contributed by atoms with E-state index in [0.29, 0.717) is 24.5 Å². The lowest BCUT2D eigenvalue weighted by molar-refractivity contribution is 0.144. The van der Waals surface area contributed by atoms with E-state index in [-0.39, 0.29) is 12.1 Å². The zero-order chi connectivity index (χ0) is 16.2. The van der Waals surface area contributed by atoms with E-state index in [4.69, 9.17) is 4.74 Å². The molecule has 0 saturated heterocycles. The van der Waals surface area contributed by atoms with Crippen LogP contribution < -0.4 is 15.4 Å². The molecule has 0 saturated carbocycles. The van der Waals surface area contributed by atoms with Gasteiger partial charge in [-0.25, -0.2) is 4.79 Å². The number of hydrogen-bond acceptors (Lipinski definition) is 3. The number of ether oxygens (including phenoxy) is 1. The van der Waals surface area contributed by atoms with Crippen LogP contribution in [0.15, 0.2) is 48.5 Å². The summed E-state index contributed by atoms with van der Waals surface area (Å²) in [4.78, 5) is 12.2. The van der Waals surface area contributed by atoms with Crippen molar-refractivity contribution < 1.29 is 14.6 Å². The summed E-state index contributed by atoms with van der Waals surface area (Å²) in [6.45, 7) is 2.48. The molecule has 0 fully saturated rings. The van der Waals surface area contributed by atoms with Crippen LogP contribution in [0.1, 0.15) is 24.1 Å². The smallest absolute Gasteiger partial charge is 0.319 e. The molecule has 5 nitrogen and oxygen atoms in total. The van der Waals surface area contributed by atoms with Crippen molar-refractivity contribution >= 4 is 11.7 Å². The number of urea groups is 1. The van der Waals surface area contributed by atoms with Crippen LogP contribution in [0.2, 0.25) is 0 Å². The number of hydrogen-bond donors (Lipinski definition) is 3. The molecule has 1 aliphatic rings. The van der Waals surface area contributed by atoms with Crippen LogP contribution in [0.3, 0.4) is 0 Å². The zero-order valence-corrected chi connectivity index (χ0v) is 13.0. The molecule has 3 rings (SSSR count). The first-order valence-corrected chi connectivity index (χ1v) is 7.73. The van der Waals surface area contributed by atoms with Crippen LogP contribution in [0.5, 0.6) is 5.75 Å². The second-order valence-electron chi connectivity index (χ2n) is 5.51. The molecule has 0 aliphatic heterocycles. The number of nitrogens with one attached hydrogen (secondary N) is 2. The topological polar surface area (TPSA) is 70.6 Å². The largest absolute Gasteiger partial charge is 0.494 e. The molecule has 0 unspecified atom stereocenters. The molecular weight excluding hydrogens is 292 g/mol. The molecule has 2 amide bonds. The van der Waals surface area contributed by atoms with E-state index >= 15 is 0 Å². The van der Waals surface area contributed by atoms with Gasteiger partial charge in [-0.15, -0.1) is 0 Å². The molecule has 5 heteroatoms. The molecule has 3 N–H and O–H groups in total. The molecule has 0 radical (unpaired) electrons. The number of benzene rings is 2. The predicted octanol–water partition coefficient (Wildman–Crippen LogP) is 2.87. The van der Waals surface area contributed by atoms with Crippen molar-refractivity contribution in [2.24, 2.45) is 0 Å². The molecule has 2 atom stereocenters. The van der Waals surface area contributed by atoms with Crippen molar-refractivity contribution in [2.75, 3.05) is 11.9 Å². The van der Waals surface area contributed by atoms with Gasteiger partial charge in [-0.3, -0.25) is 0 Å². The fourth-order valence-electron chi connectivity index (χ4n) is 2.89. The van der Waals surface area contributed by atoms with Gasteiger partial charge >= 0.3 is 6.03 Å². The average molecular weight is 312 g/mol. The van der Waals surface area contributed by atoms with Crippen LogP contribution >= 0.6 is 0 Å². The Morgan fingerprint density at radius 1 is 1.26 bits per heavy atom. The van der Waals surface area contributed by atoms with Crippen molar-refractivity contribution in [1.29, 1.82) is 0 Å². The number of anilines is 1. The highest BCUT2D eigenvalue weighted by atomic mass is 16.5. The van der Waals surface area contributed by atoms with Crippen molar-refractivity contribution in [3.8, 4) is 5.75 Å². The van der Waals surface area contributed by atoms with E-state index in [0.717, 1.165) is 11.1 Å². The molecule has 0 bridgehead atoms. The van der Waals surface area contributed by atoms with E-state index in [9.17, 15) is 9.90 Å². The lowest BCUT2D eigenvalue weighted by Crippen LogP contribution is -2.36. The quantitative estimate of drug-likeness (QED) is 0.813. The molecule has 120 valence electrons. The van der Waals surface area contributed by atoms with E-state index in [1.54, 1.807) is 12.1 Å². The molecule has 2 aromatic rings. The first-order chi connectivity index (χ1) is 11.2. The SMILES string of the molecule is CCOc1cccc(NC(=O)N[C@H]2c3ccccc3C[C@H]2O)c1. The minimum atomic E-state index is -0.604. The van der Waals surface area contributed by atoms with Gasteiger partial charge in [-0.2, -0.15) is 0 Å². The summed E-state index contributed by atoms with van der Waals surface area (Å²) in [7, 11) is 0. The third-order valence-electron chi connectivity index (χ3n) is 3.89. The Morgan fingerprint density at radius 2 is 2.09 bits per heavy atom. The van der Waals surface area contributed by atoms with Crippen molar-refractivity contribution in [2.45, 2.75) is 25.5 Å². The van der Waals surface area contributed by atoms with Crippen LogP contribution in [0.25, 0.3) is 0 Å². The maximum absolute atomic E-state index is 12.2. The number of amides is 2. The molecular formula is C18H20N2O3. The normalized spacial score (nSPS) is 19.0. The van der Waals surface area contributed by atoms with Gasteiger partial charge < -0.3 is 20.5 Å². The van der Waals surface area contributed by atoms with Gasteiger partial charge in [0.05, 0.1) is 18.8 Å². The Bertz CT molecular complexity index is 702. The fourth-order valence-corrected chi connectivity index (χ4v) is 2.89. The third-order valence-corrected chi connectivity index (χ3v) is 3.89. The highest BCUT2D eigenvalue weighted by Gasteiger charge is 2.31. The average Bonchev–Trinajstić information content (AvgIpc) is 2.84. The zero-order valence-electron chi connectivity index (χ0n) is 13.0. The van der Waals surface area contributed by atoms with Crippen LogP contribution in [-0.2, 0) is 6.42 Å². The van der Waals surface area contributed by atoms with Gasteiger partial charge in [0.25, 0.3) is 0 Å². The van der Waals surface area contributed by atoms with Gasteiger partial charge in [-0.1, -0.05) is 30.3 Å². The van der Waals surface area contributed by atoms with Crippen LogP contribution in [-0.4, -0.2) is 23.8 Å². The molecule has 23 heavy (non-hydrogen) atoms. The summed E-state index contributed by atoms with van der Waals surface area (Å²) in [5.74, 6) is 0.705. The van der Waals surface area contributed by atoms with Crippen molar-refractivity contribution in [3.05, 3.63) is 59.7 Å². The maximum Gasteiger partial charge on any atom is 0.319 e.